The highest BCUT2D eigenvalue weighted by Gasteiger charge is 1.30. The monoisotopic (exact) mass is 92.0 g/mol. The number of nitrogens with zero attached hydrogens (tertiary/aromatic N) is 2. The molecule has 0 saturated carbocycles. The number of hydrogen-bond acceptors (Lipinski definition) is 1. The van der Waals surface area contributed by atoms with Gasteiger partial charge in [-0.1, -0.05) is 4.47 Å². The molecule has 0 spiro atoms. The van der Waals surface area contributed by atoms with Crippen LogP contribution in [0, 0.1) is 0 Å². The van der Waals surface area contributed by atoms with E-state index in [0.29, 0.717) is 0 Å². The number of rotatable bonds is 1. The van der Waals surface area contributed by atoms with Crippen LogP contribution in [0.1, 0.15) is 0 Å². The van der Waals surface area contributed by atoms with Gasteiger partial charge in [0.1, 0.15) is 0 Å². The Morgan fingerprint density at radius 3 is 2.00 bits per heavy atom. The van der Waals surface area contributed by atoms with E-state index in [9.17, 15) is 0 Å². The van der Waals surface area contributed by atoms with E-state index in [2.05, 4.69) is 30.8 Å². The Labute approximate surface area is 31.7 Å². The van der Waals surface area contributed by atoms with Crippen LogP contribution in [0.4, 0.5) is 0 Å². The van der Waals surface area contributed by atoms with Crippen LogP contribution in [0.15, 0.2) is 9.33 Å². The molecule has 0 aliphatic carbocycles. The van der Waals surface area contributed by atoms with Gasteiger partial charge in [0.05, 0.1) is 12.4 Å². The van der Waals surface area contributed by atoms with Crippen LogP contribution in [-0.4, -0.2) is 0 Å². The average molecular weight is 92.1 g/mol. The second-order valence-electron chi connectivity index (χ2n) is 0.182. The third kappa shape index (κ3) is 2.12. The maximum absolute atomic E-state index is 3.96. The summed E-state index contributed by atoms with van der Waals surface area (Å²) in [6.07, 6.45) is 0. The summed E-state index contributed by atoms with van der Waals surface area (Å²) in [6.45, 7) is 0. The molecule has 0 bridgehead atoms. The molecule has 0 saturated heterocycles. The molecule has 4 heteroatoms. The Morgan fingerprint density at radius 2 is 2.00 bits per heavy atom. The molecule has 2 nitrogen and oxygen atoms in total. The third-order valence-corrected chi connectivity index (χ3v) is 0.367. The lowest BCUT2D eigenvalue weighted by atomic mass is 13.0. The van der Waals surface area contributed by atoms with Crippen molar-refractivity contribution in [2.24, 2.45) is 9.33 Å². The van der Waals surface area contributed by atoms with E-state index in [1.807, 2.05) is 0 Å². The van der Waals surface area contributed by atoms with Crippen LogP contribution >= 0.6 is 9.03 Å². The smallest absolute Gasteiger partial charge is 0.0656 e. The molecule has 0 aromatic heterocycles. The molecule has 0 aliphatic heterocycles. The minimum atomic E-state index is 2.64. The molecule has 0 fully saturated rings. The summed E-state index contributed by atoms with van der Waals surface area (Å²) in [5.41, 5.74) is 0. The van der Waals surface area contributed by atoms with Gasteiger partial charge in [-0.05, 0) is 0 Å². The van der Waals surface area contributed by atoms with Crippen molar-refractivity contribution in [3.05, 3.63) is 0 Å². The van der Waals surface area contributed by atoms with Crippen LogP contribution in [-0.2, 0) is 12.4 Å². The van der Waals surface area contributed by atoms with Crippen molar-refractivity contribution in [2.45, 2.75) is 0 Å². The second kappa shape index (κ2) is 3.12. The first-order valence-electron chi connectivity index (χ1n) is 0.606. The van der Waals surface area contributed by atoms with E-state index >= 15 is 0 Å². The van der Waals surface area contributed by atoms with E-state index in [-0.39, 0.29) is 0 Å². The van der Waals surface area contributed by atoms with E-state index in [4.69, 9.17) is 0 Å². The van der Waals surface area contributed by atoms with E-state index in [1.54, 1.807) is 0 Å². The van der Waals surface area contributed by atoms with Crippen molar-refractivity contribution in [3.63, 3.8) is 0 Å². The van der Waals surface area contributed by atoms with Crippen molar-refractivity contribution in [2.75, 3.05) is 0 Å². The van der Waals surface area contributed by atoms with Crippen LogP contribution in [0.5, 0.6) is 0 Å². The number of hydrogen-bond donors (Lipinski definition) is 0. The van der Waals surface area contributed by atoms with E-state index in [0.717, 1.165) is 0 Å². The van der Waals surface area contributed by atoms with E-state index < -0.39 is 0 Å². The Hall–Kier alpha value is 0.120. The van der Waals surface area contributed by atoms with E-state index in [1.165, 1.54) is 0 Å². The van der Waals surface area contributed by atoms with Crippen LogP contribution < -0.4 is 0 Å². The Kier molecular flexibility index (Phi) is 3.21. The predicted molar refractivity (Wildman–Crippen MR) is 20.5 cm³/mol. The molecule has 0 radical (unpaired) electrons. The summed E-state index contributed by atoms with van der Waals surface area (Å²) < 4.78 is 2.86. The molecule has 0 atom stereocenters. The molecule has 0 heterocycles. The van der Waals surface area contributed by atoms with Gasteiger partial charge in [-0.3, -0.25) is 0 Å². The molecule has 0 aliphatic rings. The molecule has 22 valence electrons. The lowest BCUT2D eigenvalue weighted by molar-refractivity contribution is 1.34. The second-order valence-corrected chi connectivity index (χ2v) is 0.545. The van der Waals surface area contributed by atoms with Crippen LogP contribution in [0.3, 0.4) is 0 Å². The van der Waals surface area contributed by atoms with Gasteiger partial charge >= 0.3 is 0 Å². The molecule has 0 unspecified atom stereocenters. The maximum atomic E-state index is 3.96. The normalized spacial score (nSPS) is 5.00. The predicted octanol–water partition coefficient (Wildman–Crippen LogP) is 0.958. The first-order valence-corrected chi connectivity index (χ1v) is 1.42. The van der Waals surface area contributed by atoms with Crippen LogP contribution in [0.2, 0.25) is 0 Å². The van der Waals surface area contributed by atoms with Gasteiger partial charge in [0.15, 0.2) is 0 Å². The summed E-state index contributed by atoms with van der Waals surface area (Å²) in [6, 6.07) is 0. The average Bonchev–Trinajstić information content (AvgIpc) is 1.37. The van der Waals surface area contributed by atoms with Crippen molar-refractivity contribution in [3.8, 4) is 0 Å². The molecular formula is HN2PS. The lowest BCUT2D eigenvalue weighted by Gasteiger charge is -1.44. The van der Waals surface area contributed by atoms with Gasteiger partial charge in [-0.15, -0.1) is 4.85 Å². The van der Waals surface area contributed by atoms with Crippen LogP contribution in [0.25, 0.3) is 0 Å². The minimum absolute atomic E-state index is 2.64. The lowest BCUT2D eigenvalue weighted by Crippen LogP contribution is -1.16. The molecule has 0 amide bonds. The van der Waals surface area contributed by atoms with Crippen molar-refractivity contribution in [1.29, 1.82) is 0 Å². The van der Waals surface area contributed by atoms with Crippen molar-refractivity contribution in [1.82, 2.24) is 0 Å². The molecule has 0 aromatic carbocycles. The molecule has 0 N–H and O–H groups in total. The summed E-state index contributed by atoms with van der Waals surface area (Å²) in [4.78, 5) is 2.98. The van der Waals surface area contributed by atoms with Gasteiger partial charge in [0, 0.05) is 9.03 Å². The highest BCUT2D eigenvalue weighted by Crippen LogP contribution is 1.66. The topological polar surface area (TPSA) is 24.7 Å². The molecule has 0 aromatic rings. The Morgan fingerprint density at radius 1 is 1.75 bits per heavy atom. The quantitative estimate of drug-likeness (QED) is 0.349. The SMILES string of the molecule is P=NN=S. The van der Waals surface area contributed by atoms with Gasteiger partial charge in [-0.2, -0.15) is 0 Å². The first kappa shape index (κ1) is 4.12. The minimum Gasteiger partial charge on any atom is -0.126 e. The zero-order valence-corrected chi connectivity index (χ0v) is 3.62. The fraction of sp³-hybridized carbons (Fsp3) is 0. The first-order chi connectivity index (χ1) is 1.91. The summed E-state index contributed by atoms with van der Waals surface area (Å²) >= 11 is 3.96. The van der Waals surface area contributed by atoms with Crippen molar-refractivity contribution < 1.29 is 0 Å². The zero-order chi connectivity index (χ0) is 3.41. The molecule has 4 heavy (non-hydrogen) atoms. The fourth-order valence-electron chi connectivity index (χ4n) is 0. The third-order valence-electron chi connectivity index (χ3n) is 0.0408. The highest BCUT2D eigenvalue weighted by atomic mass is 32.1. The van der Waals surface area contributed by atoms with Gasteiger partial charge in [0.2, 0.25) is 0 Å². The summed E-state index contributed by atoms with van der Waals surface area (Å²) in [7, 11) is 2.64. The largest absolute Gasteiger partial charge is 0.126 e. The summed E-state index contributed by atoms with van der Waals surface area (Å²) in [5.74, 6) is 0. The van der Waals surface area contributed by atoms with Gasteiger partial charge in [-0.25, -0.2) is 0 Å². The highest BCUT2D eigenvalue weighted by molar-refractivity contribution is 7.47. The standard InChI is InChI=1S/HN2PS/c3-1-2-4/h3H. The zero-order valence-electron chi connectivity index (χ0n) is 1.80. The maximum Gasteiger partial charge on any atom is 0.0656 e. The summed E-state index contributed by atoms with van der Waals surface area (Å²) in [5, 5.41) is 0. The molecule has 0 rings (SSSR count). The van der Waals surface area contributed by atoms with Crippen molar-refractivity contribution >= 4 is 21.5 Å². The Bertz CT molecular complexity index is 27.0. The molecular weight excluding hydrogens is 91.1 g/mol. The fourth-order valence-corrected chi connectivity index (χ4v) is 0. The Balaban J connectivity index is 2.73. The van der Waals surface area contributed by atoms with Gasteiger partial charge < -0.3 is 0 Å². The van der Waals surface area contributed by atoms with Gasteiger partial charge in [0.25, 0.3) is 0 Å².